The van der Waals surface area contributed by atoms with Gasteiger partial charge in [0.15, 0.2) is 5.13 Å². The van der Waals surface area contributed by atoms with Crippen LogP contribution in [0.1, 0.15) is 41.2 Å². The van der Waals surface area contributed by atoms with E-state index in [1.807, 2.05) is 49.6 Å². The number of rotatable bonds is 7. The number of amides is 1. The van der Waals surface area contributed by atoms with Crippen molar-refractivity contribution in [3.63, 3.8) is 0 Å². The van der Waals surface area contributed by atoms with Crippen LogP contribution in [0.4, 0.5) is 5.69 Å². The fourth-order valence-corrected chi connectivity index (χ4v) is 3.93. The molecule has 1 N–H and O–H groups in total. The van der Waals surface area contributed by atoms with Crippen LogP contribution in [0.3, 0.4) is 0 Å². The number of hydrogen-bond acceptors (Lipinski definition) is 5. The lowest BCUT2D eigenvalue weighted by Crippen LogP contribution is -2.22. The van der Waals surface area contributed by atoms with E-state index in [2.05, 4.69) is 38.8 Å². The van der Waals surface area contributed by atoms with E-state index in [0.29, 0.717) is 5.56 Å². The molecule has 146 valence electrons. The highest BCUT2D eigenvalue weighted by Gasteiger charge is 2.11. The highest BCUT2D eigenvalue weighted by molar-refractivity contribution is 7.12. The number of thiazole rings is 1. The second kappa shape index (κ2) is 8.84. The molecular formula is C21H25N5OS. The molecule has 0 saturated carbocycles. The van der Waals surface area contributed by atoms with Gasteiger partial charge in [-0.25, -0.2) is 10.4 Å². The molecule has 6 nitrogen and oxygen atoms in total. The molecule has 0 atom stereocenters. The standard InChI is InChI=1S/C21H25N5OS/c1-5-25(6-2)19-9-7-17(8-10-19)20(27)24-23-14-18-13-15(3)26(16(18)4)21-22-11-12-28-21/h7-14H,5-6H2,1-4H3,(H,24,27)/b23-14-. The topological polar surface area (TPSA) is 62.5 Å². The number of aromatic nitrogens is 2. The molecule has 0 aliphatic carbocycles. The summed E-state index contributed by atoms with van der Waals surface area (Å²) in [5, 5.41) is 7.01. The second-order valence-electron chi connectivity index (χ2n) is 6.39. The van der Waals surface area contributed by atoms with Crippen LogP contribution in [0, 0.1) is 13.8 Å². The van der Waals surface area contributed by atoms with Crippen LogP contribution >= 0.6 is 11.3 Å². The molecule has 2 heterocycles. The Balaban J connectivity index is 1.68. The van der Waals surface area contributed by atoms with Gasteiger partial charge in [-0.1, -0.05) is 0 Å². The summed E-state index contributed by atoms with van der Waals surface area (Å²) < 4.78 is 2.08. The van der Waals surface area contributed by atoms with Crippen LogP contribution in [0.2, 0.25) is 0 Å². The molecule has 7 heteroatoms. The van der Waals surface area contributed by atoms with Crippen molar-refractivity contribution in [2.45, 2.75) is 27.7 Å². The van der Waals surface area contributed by atoms with Crippen LogP contribution in [-0.4, -0.2) is 34.8 Å². The van der Waals surface area contributed by atoms with Crippen molar-refractivity contribution in [3.05, 3.63) is 64.4 Å². The molecule has 0 aliphatic heterocycles. The average molecular weight is 396 g/mol. The van der Waals surface area contributed by atoms with Crippen molar-refractivity contribution in [2.24, 2.45) is 5.10 Å². The summed E-state index contributed by atoms with van der Waals surface area (Å²) in [5.41, 5.74) is 7.37. The molecule has 0 unspecified atom stereocenters. The largest absolute Gasteiger partial charge is 0.372 e. The first-order chi connectivity index (χ1) is 13.5. The number of hydrogen-bond donors (Lipinski definition) is 1. The highest BCUT2D eigenvalue weighted by Crippen LogP contribution is 2.21. The summed E-state index contributed by atoms with van der Waals surface area (Å²) in [6.45, 7) is 10.2. The monoisotopic (exact) mass is 395 g/mol. The molecule has 3 aromatic rings. The summed E-state index contributed by atoms with van der Waals surface area (Å²) in [4.78, 5) is 18.9. The zero-order valence-electron chi connectivity index (χ0n) is 16.6. The smallest absolute Gasteiger partial charge is 0.271 e. The molecule has 0 radical (unpaired) electrons. The van der Waals surface area contributed by atoms with Crippen molar-refractivity contribution >= 4 is 29.1 Å². The Morgan fingerprint density at radius 3 is 2.57 bits per heavy atom. The Morgan fingerprint density at radius 2 is 1.96 bits per heavy atom. The maximum Gasteiger partial charge on any atom is 0.271 e. The zero-order valence-corrected chi connectivity index (χ0v) is 17.5. The van der Waals surface area contributed by atoms with E-state index in [1.165, 1.54) is 0 Å². The highest BCUT2D eigenvalue weighted by atomic mass is 32.1. The first kappa shape index (κ1) is 19.8. The third-order valence-corrected chi connectivity index (χ3v) is 5.47. The third kappa shape index (κ3) is 4.14. The van der Waals surface area contributed by atoms with Crippen LogP contribution in [0.5, 0.6) is 0 Å². The van der Waals surface area contributed by atoms with Crippen LogP contribution in [-0.2, 0) is 0 Å². The molecule has 0 bridgehead atoms. The third-order valence-electron chi connectivity index (χ3n) is 4.71. The van der Waals surface area contributed by atoms with E-state index in [1.54, 1.807) is 23.7 Å². The normalized spacial score (nSPS) is 11.1. The lowest BCUT2D eigenvalue weighted by atomic mass is 10.2. The molecule has 0 aliphatic rings. The van der Waals surface area contributed by atoms with Gasteiger partial charge < -0.3 is 4.90 Å². The number of nitrogens with one attached hydrogen (secondary N) is 1. The molecular weight excluding hydrogens is 370 g/mol. The Morgan fingerprint density at radius 1 is 1.25 bits per heavy atom. The van der Waals surface area contributed by atoms with E-state index in [9.17, 15) is 4.79 Å². The van der Waals surface area contributed by atoms with Crippen molar-refractivity contribution in [3.8, 4) is 5.13 Å². The van der Waals surface area contributed by atoms with Crippen LogP contribution in [0.15, 0.2) is 47.0 Å². The van der Waals surface area contributed by atoms with Gasteiger partial charge in [-0.05, 0) is 58.0 Å². The lowest BCUT2D eigenvalue weighted by Gasteiger charge is -2.20. The van der Waals surface area contributed by atoms with E-state index in [-0.39, 0.29) is 5.91 Å². The summed E-state index contributed by atoms with van der Waals surface area (Å²) >= 11 is 1.58. The number of aryl methyl sites for hydroxylation is 1. The SMILES string of the molecule is CCN(CC)c1ccc(C(=O)N/N=C\c2cc(C)n(-c3nccs3)c2C)cc1. The molecule has 1 amide bonds. The fourth-order valence-electron chi connectivity index (χ4n) is 3.18. The summed E-state index contributed by atoms with van der Waals surface area (Å²) in [6, 6.07) is 9.62. The van der Waals surface area contributed by atoms with Crippen molar-refractivity contribution in [2.75, 3.05) is 18.0 Å². The lowest BCUT2D eigenvalue weighted by molar-refractivity contribution is 0.0955. The first-order valence-corrected chi connectivity index (χ1v) is 10.2. The van der Waals surface area contributed by atoms with E-state index in [0.717, 1.165) is 40.9 Å². The van der Waals surface area contributed by atoms with Crippen LogP contribution < -0.4 is 10.3 Å². The molecule has 1 aromatic carbocycles. The molecule has 0 fully saturated rings. The number of hydrazone groups is 1. The number of benzene rings is 1. The molecule has 3 rings (SSSR count). The van der Waals surface area contributed by atoms with Gasteiger partial charge in [0.2, 0.25) is 0 Å². The number of anilines is 1. The molecule has 0 spiro atoms. The summed E-state index contributed by atoms with van der Waals surface area (Å²) in [7, 11) is 0. The maximum atomic E-state index is 12.3. The van der Waals surface area contributed by atoms with Gasteiger partial charge >= 0.3 is 0 Å². The summed E-state index contributed by atoms with van der Waals surface area (Å²) in [5.74, 6) is -0.226. The van der Waals surface area contributed by atoms with Gasteiger partial charge in [-0.3, -0.25) is 9.36 Å². The first-order valence-electron chi connectivity index (χ1n) is 9.32. The van der Waals surface area contributed by atoms with E-state index < -0.39 is 0 Å². The Hall–Kier alpha value is -2.93. The second-order valence-corrected chi connectivity index (χ2v) is 7.27. The van der Waals surface area contributed by atoms with E-state index >= 15 is 0 Å². The quantitative estimate of drug-likeness (QED) is 0.483. The van der Waals surface area contributed by atoms with Gasteiger partial charge in [0, 0.05) is 52.9 Å². The number of carbonyl (C=O) groups is 1. The van der Waals surface area contributed by atoms with E-state index in [4.69, 9.17) is 0 Å². The number of nitrogens with zero attached hydrogens (tertiary/aromatic N) is 4. The zero-order chi connectivity index (χ0) is 20.1. The summed E-state index contributed by atoms with van der Waals surface area (Å²) in [6.07, 6.45) is 3.47. The Labute approximate surface area is 169 Å². The Kier molecular flexibility index (Phi) is 6.26. The fraction of sp³-hybridized carbons (Fsp3) is 0.286. The molecule has 2 aromatic heterocycles. The predicted molar refractivity (Wildman–Crippen MR) is 116 cm³/mol. The minimum absolute atomic E-state index is 0.226. The van der Waals surface area contributed by atoms with Gasteiger partial charge in [0.05, 0.1) is 6.21 Å². The number of carbonyl (C=O) groups excluding carboxylic acids is 1. The van der Waals surface area contributed by atoms with Gasteiger partial charge in [0.25, 0.3) is 5.91 Å². The minimum Gasteiger partial charge on any atom is -0.372 e. The van der Waals surface area contributed by atoms with Crippen LogP contribution in [0.25, 0.3) is 5.13 Å². The van der Waals surface area contributed by atoms with Crippen molar-refractivity contribution in [1.29, 1.82) is 0 Å². The maximum absolute atomic E-state index is 12.3. The van der Waals surface area contributed by atoms with Gasteiger partial charge in [-0.2, -0.15) is 5.10 Å². The molecule has 28 heavy (non-hydrogen) atoms. The van der Waals surface area contributed by atoms with Crippen molar-refractivity contribution < 1.29 is 4.79 Å². The van der Waals surface area contributed by atoms with Gasteiger partial charge in [0.1, 0.15) is 0 Å². The Bertz CT molecular complexity index is 954. The molecule has 0 saturated heterocycles. The minimum atomic E-state index is -0.226. The average Bonchev–Trinajstić information content (AvgIpc) is 3.31. The van der Waals surface area contributed by atoms with Gasteiger partial charge in [-0.15, -0.1) is 11.3 Å². The van der Waals surface area contributed by atoms with Crippen molar-refractivity contribution in [1.82, 2.24) is 15.0 Å². The predicted octanol–water partition coefficient (Wildman–Crippen LogP) is 4.16.